The van der Waals surface area contributed by atoms with Crippen LogP contribution in [0.3, 0.4) is 0 Å². The molecule has 0 amide bonds. The molecule has 106 valence electrons. The molecular formula is C15H19N3OS. The Morgan fingerprint density at radius 1 is 1.45 bits per heavy atom. The minimum absolute atomic E-state index is 0.321. The van der Waals surface area contributed by atoms with Crippen LogP contribution in [-0.2, 0) is 13.0 Å². The molecule has 2 heterocycles. The molecule has 0 saturated carbocycles. The zero-order valence-electron chi connectivity index (χ0n) is 11.6. The highest BCUT2D eigenvalue weighted by Gasteiger charge is 2.24. The van der Waals surface area contributed by atoms with E-state index in [0.717, 1.165) is 53.7 Å². The van der Waals surface area contributed by atoms with E-state index in [1.807, 2.05) is 24.4 Å². The van der Waals surface area contributed by atoms with Gasteiger partial charge in [0, 0.05) is 12.7 Å². The van der Waals surface area contributed by atoms with Crippen LogP contribution in [0, 0.1) is 0 Å². The van der Waals surface area contributed by atoms with Crippen LogP contribution in [0.15, 0.2) is 24.4 Å². The van der Waals surface area contributed by atoms with Gasteiger partial charge in [0.05, 0.1) is 28.9 Å². The zero-order chi connectivity index (χ0) is 13.9. The van der Waals surface area contributed by atoms with Gasteiger partial charge in [-0.15, -0.1) is 0 Å². The van der Waals surface area contributed by atoms with Crippen molar-refractivity contribution in [3.05, 3.63) is 40.7 Å². The van der Waals surface area contributed by atoms with Crippen molar-refractivity contribution in [2.24, 2.45) is 0 Å². The first-order valence-corrected chi connectivity index (χ1v) is 7.92. The van der Waals surface area contributed by atoms with Crippen LogP contribution < -0.4 is 4.90 Å². The number of aliphatic hydroxyl groups is 1. The van der Waals surface area contributed by atoms with E-state index in [0.29, 0.717) is 0 Å². The second-order valence-corrected chi connectivity index (χ2v) is 6.06. The molecule has 20 heavy (non-hydrogen) atoms. The van der Waals surface area contributed by atoms with Crippen LogP contribution in [-0.4, -0.2) is 21.6 Å². The monoisotopic (exact) mass is 289 g/mol. The first-order chi connectivity index (χ1) is 9.78. The Kier molecular flexibility index (Phi) is 3.98. The Morgan fingerprint density at radius 2 is 2.35 bits per heavy atom. The topological polar surface area (TPSA) is 49.2 Å². The fourth-order valence-electron chi connectivity index (χ4n) is 2.52. The number of aromatic nitrogens is 2. The maximum Gasteiger partial charge on any atom is 0.186 e. The van der Waals surface area contributed by atoms with Gasteiger partial charge in [0.25, 0.3) is 0 Å². The Balaban J connectivity index is 1.83. The van der Waals surface area contributed by atoms with E-state index in [1.54, 1.807) is 11.3 Å². The predicted molar refractivity (Wildman–Crippen MR) is 81.0 cm³/mol. The van der Waals surface area contributed by atoms with Crippen LogP contribution >= 0.6 is 11.3 Å². The lowest BCUT2D eigenvalue weighted by Crippen LogP contribution is -2.22. The van der Waals surface area contributed by atoms with Crippen LogP contribution in [0.1, 0.15) is 42.1 Å². The fourth-order valence-corrected chi connectivity index (χ4v) is 3.72. The minimum Gasteiger partial charge on any atom is -0.388 e. The van der Waals surface area contributed by atoms with Gasteiger partial charge in [0.2, 0.25) is 0 Å². The first-order valence-electron chi connectivity index (χ1n) is 7.10. The van der Waals surface area contributed by atoms with Crippen molar-refractivity contribution in [1.82, 2.24) is 9.97 Å². The summed E-state index contributed by atoms with van der Waals surface area (Å²) in [5, 5.41) is 11.1. The van der Waals surface area contributed by atoms with Gasteiger partial charge >= 0.3 is 0 Å². The molecular weight excluding hydrogens is 270 g/mol. The summed E-state index contributed by atoms with van der Waals surface area (Å²) in [5.74, 6) is 0. The van der Waals surface area contributed by atoms with Crippen molar-refractivity contribution in [3.63, 3.8) is 0 Å². The maximum absolute atomic E-state index is 10.1. The first kappa shape index (κ1) is 13.5. The SMILES string of the molecule is CCN(Cc1ccccn1)c1nc2c(s1)C(O)CCC2. The number of thiazole rings is 1. The smallest absolute Gasteiger partial charge is 0.186 e. The van der Waals surface area contributed by atoms with Crippen molar-refractivity contribution in [3.8, 4) is 0 Å². The van der Waals surface area contributed by atoms with Crippen molar-refractivity contribution in [1.29, 1.82) is 0 Å². The second kappa shape index (κ2) is 5.89. The van der Waals surface area contributed by atoms with Gasteiger partial charge in [-0.3, -0.25) is 4.98 Å². The molecule has 1 N–H and O–H groups in total. The van der Waals surface area contributed by atoms with Gasteiger partial charge in [-0.1, -0.05) is 17.4 Å². The van der Waals surface area contributed by atoms with E-state index in [1.165, 1.54) is 0 Å². The summed E-state index contributed by atoms with van der Waals surface area (Å²) in [7, 11) is 0. The summed E-state index contributed by atoms with van der Waals surface area (Å²) < 4.78 is 0. The molecule has 1 aliphatic rings. The second-order valence-electron chi connectivity index (χ2n) is 5.05. The van der Waals surface area contributed by atoms with Gasteiger partial charge in [0.15, 0.2) is 5.13 Å². The third-order valence-corrected chi connectivity index (χ3v) is 4.90. The van der Waals surface area contributed by atoms with Crippen molar-refractivity contribution in [2.75, 3.05) is 11.4 Å². The average Bonchev–Trinajstić information content (AvgIpc) is 2.91. The van der Waals surface area contributed by atoms with Crippen molar-refractivity contribution < 1.29 is 5.11 Å². The molecule has 5 heteroatoms. The minimum atomic E-state index is -0.321. The average molecular weight is 289 g/mol. The quantitative estimate of drug-likeness (QED) is 0.940. The van der Waals surface area contributed by atoms with Gasteiger partial charge in [-0.25, -0.2) is 4.98 Å². The molecule has 1 unspecified atom stereocenters. The Bertz CT molecular complexity index is 570. The zero-order valence-corrected chi connectivity index (χ0v) is 12.4. The number of nitrogens with zero attached hydrogens (tertiary/aromatic N) is 3. The van der Waals surface area contributed by atoms with E-state index < -0.39 is 0 Å². The Morgan fingerprint density at radius 3 is 3.05 bits per heavy atom. The molecule has 3 rings (SSSR count). The Labute approximate surface area is 123 Å². The molecule has 2 aromatic rings. The Hall–Kier alpha value is -1.46. The third-order valence-electron chi connectivity index (χ3n) is 3.64. The van der Waals surface area contributed by atoms with Gasteiger partial charge in [-0.2, -0.15) is 0 Å². The van der Waals surface area contributed by atoms with Crippen LogP contribution in [0.2, 0.25) is 0 Å². The van der Waals surface area contributed by atoms with E-state index in [-0.39, 0.29) is 6.10 Å². The normalized spacial score (nSPS) is 17.8. The molecule has 0 radical (unpaired) electrons. The number of pyridine rings is 1. The summed E-state index contributed by atoms with van der Waals surface area (Å²) in [5.41, 5.74) is 2.13. The summed E-state index contributed by atoms with van der Waals surface area (Å²) in [6, 6.07) is 5.97. The van der Waals surface area contributed by atoms with E-state index >= 15 is 0 Å². The lowest BCUT2D eigenvalue weighted by atomic mass is 10.0. The lowest BCUT2D eigenvalue weighted by Gasteiger charge is -2.19. The maximum atomic E-state index is 10.1. The molecule has 4 nitrogen and oxygen atoms in total. The number of aryl methyl sites for hydroxylation is 1. The lowest BCUT2D eigenvalue weighted by molar-refractivity contribution is 0.160. The number of hydrogen-bond donors (Lipinski definition) is 1. The molecule has 0 saturated heterocycles. The molecule has 0 aliphatic heterocycles. The van der Waals surface area contributed by atoms with Crippen LogP contribution in [0.5, 0.6) is 0 Å². The third kappa shape index (κ3) is 2.69. The summed E-state index contributed by atoms with van der Waals surface area (Å²) in [6.07, 6.45) is 4.38. The van der Waals surface area contributed by atoms with E-state index in [9.17, 15) is 5.11 Å². The van der Waals surface area contributed by atoms with Gasteiger partial charge < -0.3 is 10.0 Å². The number of fused-ring (bicyclic) bond motifs is 1. The van der Waals surface area contributed by atoms with Crippen LogP contribution in [0.4, 0.5) is 5.13 Å². The highest BCUT2D eigenvalue weighted by molar-refractivity contribution is 7.15. The predicted octanol–water partition coefficient (Wildman–Crippen LogP) is 2.93. The number of anilines is 1. The fraction of sp³-hybridized carbons (Fsp3) is 0.467. The molecule has 2 aromatic heterocycles. The summed E-state index contributed by atoms with van der Waals surface area (Å²) >= 11 is 1.63. The highest BCUT2D eigenvalue weighted by atomic mass is 32.1. The number of rotatable bonds is 4. The molecule has 0 aromatic carbocycles. The number of hydrogen-bond acceptors (Lipinski definition) is 5. The molecule has 0 spiro atoms. The van der Waals surface area contributed by atoms with Gasteiger partial charge in [-0.05, 0) is 38.3 Å². The highest BCUT2D eigenvalue weighted by Crippen LogP contribution is 2.37. The number of aliphatic hydroxyl groups excluding tert-OH is 1. The molecule has 1 aliphatic carbocycles. The van der Waals surface area contributed by atoms with E-state index in [4.69, 9.17) is 4.98 Å². The largest absolute Gasteiger partial charge is 0.388 e. The summed E-state index contributed by atoms with van der Waals surface area (Å²) in [4.78, 5) is 12.4. The van der Waals surface area contributed by atoms with E-state index in [2.05, 4.69) is 16.8 Å². The summed E-state index contributed by atoms with van der Waals surface area (Å²) in [6.45, 7) is 3.78. The van der Waals surface area contributed by atoms with Gasteiger partial charge in [0.1, 0.15) is 0 Å². The molecule has 0 bridgehead atoms. The van der Waals surface area contributed by atoms with Crippen molar-refractivity contribution >= 4 is 16.5 Å². The van der Waals surface area contributed by atoms with Crippen LogP contribution in [0.25, 0.3) is 0 Å². The molecule has 1 atom stereocenters. The molecule has 0 fully saturated rings. The standard InChI is InChI=1S/C15H19N3OS/c1-2-18(10-11-6-3-4-9-16-11)15-17-12-7-5-8-13(19)14(12)20-15/h3-4,6,9,13,19H,2,5,7-8,10H2,1H3. The van der Waals surface area contributed by atoms with Crippen molar-refractivity contribution in [2.45, 2.75) is 38.8 Å².